The Balaban J connectivity index is 1.79. The highest BCUT2D eigenvalue weighted by Crippen LogP contribution is 2.40. The molecular weight excluding hydrogens is 422 g/mol. The number of terminal acetylenes is 1. The average molecular weight is 437 g/mol. The van der Waals surface area contributed by atoms with Gasteiger partial charge in [-0.15, -0.1) is 29.5 Å². The molecule has 2 amide bonds. The number of carbonyl (C=O) groups is 3. The molecule has 4 N–H and O–H groups in total. The lowest BCUT2D eigenvalue weighted by Gasteiger charge is -2.48. The maximum atomic E-state index is 12.7. The number of nitrogens with zero attached hydrogens (tertiary/aromatic N) is 3. The van der Waals surface area contributed by atoms with Crippen LogP contribution >= 0.6 is 23.1 Å². The zero-order chi connectivity index (χ0) is 21.1. The number of fused-ring (bicyclic) bond motifs is 1. The van der Waals surface area contributed by atoms with Gasteiger partial charge in [0.2, 0.25) is 0 Å². The van der Waals surface area contributed by atoms with Gasteiger partial charge in [0, 0.05) is 5.38 Å². The molecule has 0 radical (unpaired) electrons. The van der Waals surface area contributed by atoms with Crippen LogP contribution in [-0.4, -0.2) is 69.4 Å². The fraction of sp³-hybridized carbons (Fsp3) is 0.312. The number of thioether (sulfide) groups is 1. The van der Waals surface area contributed by atoms with E-state index in [0.717, 1.165) is 16.2 Å². The summed E-state index contributed by atoms with van der Waals surface area (Å²) in [6.07, 6.45) is 5.10. The number of β-lactam (4-membered cyclic amide) rings is 1. The van der Waals surface area contributed by atoms with Crippen LogP contribution in [0.2, 0.25) is 0 Å². The molecule has 2 aliphatic heterocycles. The van der Waals surface area contributed by atoms with Crippen LogP contribution in [-0.2, 0) is 24.0 Å². The van der Waals surface area contributed by atoms with Crippen LogP contribution in [0.15, 0.2) is 22.0 Å². The third-order valence-corrected chi connectivity index (χ3v) is 5.88. The van der Waals surface area contributed by atoms with Gasteiger partial charge in [-0.3, -0.25) is 14.5 Å². The number of aliphatic carboxylic acids is 1. The number of nitrogens with one attached hydrogen (secondary N) is 1. The molecule has 1 aromatic rings. The second-order valence-electron chi connectivity index (χ2n) is 5.63. The number of nitrogen functional groups attached to an aromatic ring is 1. The van der Waals surface area contributed by atoms with Crippen molar-refractivity contribution in [3.05, 3.63) is 22.5 Å². The van der Waals surface area contributed by atoms with Gasteiger partial charge in [0.1, 0.15) is 22.9 Å². The lowest BCUT2D eigenvalue weighted by molar-refractivity contribution is -0.150. The number of hydrogen-bond acceptors (Lipinski definition) is 10. The molecule has 0 saturated carbocycles. The van der Waals surface area contributed by atoms with E-state index >= 15 is 0 Å². The predicted molar refractivity (Wildman–Crippen MR) is 105 cm³/mol. The van der Waals surface area contributed by atoms with E-state index in [0.29, 0.717) is 0 Å². The Labute approximate surface area is 172 Å². The van der Waals surface area contributed by atoms with Crippen LogP contribution < -0.4 is 11.1 Å². The van der Waals surface area contributed by atoms with Crippen LogP contribution in [0.4, 0.5) is 5.13 Å². The number of amides is 2. The predicted octanol–water partition coefficient (Wildman–Crippen LogP) is -0.578. The zero-order valence-electron chi connectivity index (χ0n) is 14.9. The Kier molecular flexibility index (Phi) is 5.95. The zero-order valence-corrected chi connectivity index (χ0v) is 16.6. The Hall–Kier alpha value is -3.24. The van der Waals surface area contributed by atoms with Crippen molar-refractivity contribution in [2.45, 2.75) is 11.4 Å². The van der Waals surface area contributed by atoms with E-state index in [-0.39, 0.29) is 40.4 Å². The number of oxime groups is 1. The number of nitrogens with two attached hydrogens (primary N) is 1. The molecule has 29 heavy (non-hydrogen) atoms. The summed E-state index contributed by atoms with van der Waals surface area (Å²) in [7, 11) is 1.33. The maximum Gasteiger partial charge on any atom is 0.356 e. The molecule has 152 valence electrons. The van der Waals surface area contributed by atoms with Gasteiger partial charge in [-0.1, -0.05) is 11.1 Å². The maximum absolute atomic E-state index is 12.7. The summed E-state index contributed by atoms with van der Waals surface area (Å²) in [4.78, 5) is 46.8. The van der Waals surface area contributed by atoms with Crippen molar-refractivity contribution in [3.8, 4) is 12.3 Å². The molecule has 13 heteroatoms. The van der Waals surface area contributed by atoms with Crippen LogP contribution in [0.5, 0.6) is 0 Å². The van der Waals surface area contributed by atoms with Crippen molar-refractivity contribution in [2.24, 2.45) is 5.16 Å². The molecule has 1 fully saturated rings. The summed E-state index contributed by atoms with van der Waals surface area (Å²) in [6, 6.07) is -0.950. The third-order valence-electron chi connectivity index (χ3n) is 3.95. The summed E-state index contributed by atoms with van der Waals surface area (Å²) in [6.45, 7) is -0.169. The van der Waals surface area contributed by atoms with Gasteiger partial charge in [0.15, 0.2) is 23.1 Å². The van der Waals surface area contributed by atoms with Gasteiger partial charge in [-0.2, -0.15) is 0 Å². The van der Waals surface area contributed by atoms with E-state index in [4.69, 9.17) is 21.7 Å². The smallest absolute Gasteiger partial charge is 0.356 e. The molecule has 0 aliphatic carbocycles. The molecule has 1 unspecified atom stereocenters. The van der Waals surface area contributed by atoms with Crippen LogP contribution in [0.1, 0.15) is 5.69 Å². The van der Waals surface area contributed by atoms with E-state index in [1.807, 2.05) is 0 Å². The number of carboxylic acid groups (broad SMARTS) is 1. The number of thiazole rings is 1. The molecule has 1 saturated heterocycles. The number of ether oxygens (including phenoxy) is 1. The standard InChI is InChI=1S/C16H15N5O6S2/c1-3-4-27-20-9(7-5-29-16(17)18-7)12(22)19-10-13(23)21-11(15(24)25)8(26-2)6-28-14(10)21/h1,5,10,14H,4,6H2,2H3,(H2,17,18)(H,19,22)(H,24,25)/t10?,14-/m1/s1. The van der Waals surface area contributed by atoms with E-state index in [9.17, 15) is 19.5 Å². The Morgan fingerprint density at radius 1 is 1.59 bits per heavy atom. The second kappa shape index (κ2) is 8.41. The molecule has 0 spiro atoms. The van der Waals surface area contributed by atoms with Crippen LogP contribution in [0, 0.1) is 12.3 Å². The van der Waals surface area contributed by atoms with Crippen molar-refractivity contribution < 1.29 is 29.1 Å². The van der Waals surface area contributed by atoms with Crippen LogP contribution in [0.3, 0.4) is 0 Å². The van der Waals surface area contributed by atoms with Gasteiger partial charge < -0.3 is 25.7 Å². The fourth-order valence-corrected chi connectivity index (χ4v) is 4.55. The molecule has 0 aromatic carbocycles. The lowest BCUT2D eigenvalue weighted by Crippen LogP contribution is -2.71. The van der Waals surface area contributed by atoms with Crippen LogP contribution in [0.25, 0.3) is 0 Å². The van der Waals surface area contributed by atoms with E-state index < -0.39 is 29.2 Å². The van der Waals surface area contributed by atoms with Gasteiger partial charge in [-0.05, 0) is 0 Å². The highest BCUT2D eigenvalue weighted by molar-refractivity contribution is 8.00. The number of carboxylic acids is 1. The largest absolute Gasteiger partial charge is 0.498 e. The molecule has 0 bridgehead atoms. The summed E-state index contributed by atoms with van der Waals surface area (Å²) in [5.41, 5.74) is 5.33. The number of carbonyl (C=O) groups excluding carboxylic acids is 2. The van der Waals surface area contributed by atoms with Crippen molar-refractivity contribution in [2.75, 3.05) is 25.2 Å². The van der Waals surface area contributed by atoms with Crippen molar-refractivity contribution in [1.29, 1.82) is 0 Å². The van der Waals surface area contributed by atoms with Gasteiger partial charge >= 0.3 is 5.97 Å². The SMILES string of the molecule is C#CCON=C(C(=O)NC1C(=O)N2C(C(=O)O)=C(OC)CS[C@H]12)c1csc(N)n1. The minimum atomic E-state index is -1.28. The monoisotopic (exact) mass is 437 g/mol. The first-order valence-electron chi connectivity index (χ1n) is 7.99. The topological polar surface area (TPSA) is 156 Å². The van der Waals surface area contributed by atoms with Crippen molar-refractivity contribution in [3.63, 3.8) is 0 Å². The van der Waals surface area contributed by atoms with Gasteiger partial charge in [0.25, 0.3) is 11.8 Å². The molecule has 11 nitrogen and oxygen atoms in total. The van der Waals surface area contributed by atoms with Crippen molar-refractivity contribution in [1.82, 2.24) is 15.2 Å². The molecule has 3 rings (SSSR count). The Bertz CT molecular complexity index is 965. The molecule has 3 heterocycles. The normalized spacial score (nSPS) is 21.0. The second-order valence-corrected chi connectivity index (χ2v) is 7.63. The fourth-order valence-electron chi connectivity index (χ4n) is 2.69. The quantitative estimate of drug-likeness (QED) is 0.167. The Morgan fingerprint density at radius 2 is 2.34 bits per heavy atom. The number of anilines is 1. The van der Waals surface area contributed by atoms with Gasteiger partial charge in [0.05, 0.1) is 12.9 Å². The number of hydrogen-bond donors (Lipinski definition) is 3. The lowest BCUT2D eigenvalue weighted by atomic mass is 10.0. The minimum Gasteiger partial charge on any atom is -0.498 e. The number of aromatic nitrogens is 1. The van der Waals surface area contributed by atoms with E-state index in [1.165, 1.54) is 24.3 Å². The molecule has 1 aromatic heterocycles. The molecule has 2 aliphatic rings. The average Bonchev–Trinajstić information content (AvgIpc) is 3.13. The van der Waals surface area contributed by atoms with Gasteiger partial charge in [-0.25, -0.2) is 9.78 Å². The first-order chi connectivity index (χ1) is 13.9. The molecule has 2 atom stereocenters. The summed E-state index contributed by atoms with van der Waals surface area (Å²) >= 11 is 2.37. The summed E-state index contributed by atoms with van der Waals surface area (Å²) in [5, 5.41) is 16.8. The summed E-state index contributed by atoms with van der Waals surface area (Å²) in [5.74, 6) is 0.0395. The first kappa shape index (κ1) is 20.5. The Morgan fingerprint density at radius 3 is 2.93 bits per heavy atom. The highest BCUT2D eigenvalue weighted by atomic mass is 32.2. The van der Waals surface area contributed by atoms with E-state index in [2.05, 4.69) is 21.4 Å². The minimum absolute atomic E-state index is 0.162. The first-order valence-corrected chi connectivity index (χ1v) is 9.92. The number of methoxy groups -OCH3 is 1. The number of rotatable bonds is 7. The van der Waals surface area contributed by atoms with E-state index in [1.54, 1.807) is 0 Å². The molecular formula is C16H15N5O6S2. The third kappa shape index (κ3) is 3.84. The highest BCUT2D eigenvalue weighted by Gasteiger charge is 2.55. The summed E-state index contributed by atoms with van der Waals surface area (Å²) < 4.78 is 5.06. The van der Waals surface area contributed by atoms with Crippen molar-refractivity contribution >= 4 is 51.7 Å².